The van der Waals surface area contributed by atoms with Crippen LogP contribution in [0, 0.1) is 19.8 Å². The number of rotatable bonds is 10. The molecule has 1 amide bonds. The van der Waals surface area contributed by atoms with Crippen LogP contribution in [-0.4, -0.2) is 56.5 Å². The molecule has 290 valence electrons. The molecule has 0 radical (unpaired) electrons. The standard InChI is InChI=1S/C21H25N5O4S.C19H19N5O/c22-31(28,29)30-11-14-9-15(10-19(14)27)26-8-7-17-20(23-12-24-21(17)26)25-18-6-5-13-3-1-2-4-16(13)18;1-13-6-4-5-7-17(13)23-22-15-8-9-16(14(2)12-15)21-19(25)18-10-11-20-24(18)3/h1-4,7-8,12,14-15,18-19,27H,5-6,9-11H2,(H2,22,28,29)(H,23,24,25);4-12H,1-3H3,(H,21,25). The number of benzene rings is 3. The summed E-state index contributed by atoms with van der Waals surface area (Å²) in [6.45, 7) is 3.79. The van der Waals surface area contributed by atoms with Crippen molar-refractivity contribution in [3.63, 3.8) is 0 Å². The maximum atomic E-state index is 12.3. The minimum atomic E-state index is -4.03. The molecule has 5 N–H and O–H groups in total. The Labute approximate surface area is 324 Å². The Hall–Kier alpha value is -5.81. The number of hydrogen-bond donors (Lipinski definition) is 4. The second-order valence-corrected chi connectivity index (χ2v) is 15.3. The van der Waals surface area contributed by atoms with Crippen molar-refractivity contribution in [2.24, 2.45) is 28.3 Å². The van der Waals surface area contributed by atoms with E-state index >= 15 is 0 Å². The Morgan fingerprint density at radius 2 is 1.80 bits per heavy atom. The van der Waals surface area contributed by atoms with Crippen molar-refractivity contribution < 1.29 is 22.5 Å². The summed E-state index contributed by atoms with van der Waals surface area (Å²) in [5, 5.41) is 35.3. The molecule has 15 nitrogen and oxygen atoms in total. The number of aliphatic hydroxyl groups is 1. The van der Waals surface area contributed by atoms with Gasteiger partial charge in [-0.1, -0.05) is 42.5 Å². The normalized spacial score (nSPS) is 19.2. The van der Waals surface area contributed by atoms with Crippen LogP contribution in [0.1, 0.15) is 64.1 Å². The maximum Gasteiger partial charge on any atom is 0.333 e. The Morgan fingerprint density at radius 3 is 2.57 bits per heavy atom. The number of anilines is 2. The van der Waals surface area contributed by atoms with E-state index in [1.54, 1.807) is 25.6 Å². The van der Waals surface area contributed by atoms with E-state index < -0.39 is 16.4 Å². The first-order valence-corrected chi connectivity index (χ1v) is 19.8. The average Bonchev–Trinajstić information content (AvgIpc) is 3.98. The van der Waals surface area contributed by atoms with Crippen LogP contribution in [0.3, 0.4) is 0 Å². The van der Waals surface area contributed by atoms with Gasteiger partial charge in [-0.05, 0) is 98.2 Å². The summed E-state index contributed by atoms with van der Waals surface area (Å²) in [6, 6.07) is 25.7. The van der Waals surface area contributed by atoms with Gasteiger partial charge in [-0.15, -0.1) is 0 Å². The van der Waals surface area contributed by atoms with Gasteiger partial charge in [0.25, 0.3) is 5.91 Å². The molecule has 6 aromatic rings. The molecular formula is C40H44N10O5S. The first kappa shape index (κ1) is 38.5. The third-order valence-corrected chi connectivity index (χ3v) is 10.8. The molecule has 56 heavy (non-hydrogen) atoms. The van der Waals surface area contributed by atoms with E-state index in [0.29, 0.717) is 18.5 Å². The van der Waals surface area contributed by atoms with Crippen molar-refractivity contribution >= 4 is 50.1 Å². The van der Waals surface area contributed by atoms with Crippen molar-refractivity contribution in [3.05, 3.63) is 126 Å². The molecule has 8 rings (SSSR count). The molecule has 3 aromatic heterocycles. The highest BCUT2D eigenvalue weighted by Gasteiger charge is 2.35. The van der Waals surface area contributed by atoms with Crippen molar-refractivity contribution in [2.75, 3.05) is 17.2 Å². The highest BCUT2D eigenvalue weighted by molar-refractivity contribution is 7.84. The summed E-state index contributed by atoms with van der Waals surface area (Å²) in [7, 11) is -2.29. The first-order chi connectivity index (χ1) is 26.9. The lowest BCUT2D eigenvalue weighted by Crippen LogP contribution is -2.24. The minimum absolute atomic E-state index is 0.0171. The second-order valence-electron chi connectivity index (χ2n) is 14.1. The number of nitrogens with zero attached hydrogens (tertiary/aromatic N) is 7. The fourth-order valence-electron chi connectivity index (χ4n) is 7.34. The van der Waals surface area contributed by atoms with E-state index in [9.17, 15) is 18.3 Å². The largest absolute Gasteiger partial charge is 0.393 e. The molecule has 3 heterocycles. The van der Waals surface area contributed by atoms with Gasteiger partial charge in [0.1, 0.15) is 23.5 Å². The van der Waals surface area contributed by atoms with Gasteiger partial charge in [-0.3, -0.25) is 13.7 Å². The Bertz CT molecular complexity index is 2500. The molecule has 1 fully saturated rings. The molecule has 0 saturated heterocycles. The number of carbonyl (C=O) groups excluding carboxylic acids is 1. The van der Waals surface area contributed by atoms with Gasteiger partial charge in [0.05, 0.1) is 35.5 Å². The predicted octanol–water partition coefficient (Wildman–Crippen LogP) is 6.77. The number of amides is 1. The molecular weight excluding hydrogens is 733 g/mol. The lowest BCUT2D eigenvalue weighted by molar-refractivity contribution is 0.100. The van der Waals surface area contributed by atoms with Crippen LogP contribution in [0.5, 0.6) is 0 Å². The van der Waals surface area contributed by atoms with Crippen molar-refractivity contribution in [3.8, 4) is 0 Å². The van der Waals surface area contributed by atoms with Crippen molar-refractivity contribution in [1.29, 1.82) is 0 Å². The van der Waals surface area contributed by atoms with Crippen LogP contribution >= 0.6 is 0 Å². The number of fused-ring (bicyclic) bond motifs is 2. The van der Waals surface area contributed by atoms with Crippen LogP contribution in [0.15, 0.2) is 108 Å². The number of aryl methyl sites for hydroxylation is 4. The maximum absolute atomic E-state index is 12.3. The quantitative estimate of drug-likeness (QED) is 0.108. The number of hydrogen-bond acceptors (Lipinski definition) is 11. The summed E-state index contributed by atoms with van der Waals surface area (Å²) in [5.74, 6) is 0.283. The topological polar surface area (TPSA) is 204 Å². The zero-order valence-electron chi connectivity index (χ0n) is 31.3. The van der Waals surface area contributed by atoms with Gasteiger partial charge in [0, 0.05) is 37.1 Å². The van der Waals surface area contributed by atoms with Gasteiger partial charge in [-0.2, -0.15) is 23.7 Å². The number of azo groups is 1. The summed E-state index contributed by atoms with van der Waals surface area (Å²) in [4.78, 5) is 21.2. The highest BCUT2D eigenvalue weighted by Crippen LogP contribution is 2.39. The Morgan fingerprint density at radius 1 is 1.00 bits per heavy atom. The highest BCUT2D eigenvalue weighted by atomic mass is 32.2. The van der Waals surface area contributed by atoms with Crippen LogP contribution in [0.25, 0.3) is 11.0 Å². The third-order valence-electron chi connectivity index (χ3n) is 10.3. The summed E-state index contributed by atoms with van der Waals surface area (Å²) < 4.78 is 30.4. The number of nitrogens with one attached hydrogen (secondary N) is 2. The molecule has 2 aliphatic carbocycles. The van der Waals surface area contributed by atoms with E-state index in [0.717, 1.165) is 57.9 Å². The summed E-state index contributed by atoms with van der Waals surface area (Å²) >= 11 is 0. The molecule has 1 saturated carbocycles. The van der Waals surface area contributed by atoms with E-state index in [2.05, 4.69) is 60.2 Å². The Balaban J connectivity index is 0.000000176. The summed E-state index contributed by atoms with van der Waals surface area (Å²) in [5.41, 5.74) is 8.27. The third kappa shape index (κ3) is 8.84. The first-order valence-electron chi connectivity index (χ1n) is 18.3. The SMILES string of the molecule is Cc1ccccc1N=Nc1ccc(NC(=O)c2ccnn2C)c(C)c1.NS(=O)(=O)OCC1CC(n2ccc3c(NC4CCc5ccccc54)ncnc32)CC1O. The van der Waals surface area contributed by atoms with Crippen molar-refractivity contribution in [1.82, 2.24) is 24.3 Å². The minimum Gasteiger partial charge on any atom is -0.393 e. The fraction of sp³-hybridized carbons (Fsp3) is 0.300. The molecule has 2 aliphatic rings. The van der Waals surface area contributed by atoms with Crippen LogP contribution in [0.4, 0.5) is 22.9 Å². The lowest BCUT2D eigenvalue weighted by atomic mass is 10.1. The predicted molar refractivity (Wildman–Crippen MR) is 213 cm³/mol. The van der Waals surface area contributed by atoms with Gasteiger partial charge < -0.3 is 20.3 Å². The fourth-order valence-corrected chi connectivity index (χ4v) is 7.70. The molecule has 3 aromatic carbocycles. The monoisotopic (exact) mass is 776 g/mol. The van der Waals surface area contributed by atoms with E-state index in [4.69, 9.17) is 9.32 Å². The molecule has 0 aliphatic heterocycles. The zero-order chi connectivity index (χ0) is 39.4. The molecule has 16 heteroatoms. The number of aliphatic hydroxyl groups excluding tert-OH is 1. The average molecular weight is 777 g/mol. The van der Waals surface area contributed by atoms with Gasteiger partial charge in [0.15, 0.2) is 0 Å². The number of aromatic nitrogens is 5. The van der Waals surface area contributed by atoms with Gasteiger partial charge >= 0.3 is 10.3 Å². The molecule has 4 atom stereocenters. The Kier molecular flexibility index (Phi) is 11.3. The molecule has 4 unspecified atom stereocenters. The van der Waals surface area contributed by atoms with Crippen molar-refractivity contribution in [2.45, 2.75) is 57.7 Å². The van der Waals surface area contributed by atoms with Crippen LogP contribution in [0.2, 0.25) is 0 Å². The van der Waals surface area contributed by atoms with Gasteiger partial charge in [0.2, 0.25) is 0 Å². The van der Waals surface area contributed by atoms with E-state index in [-0.39, 0.29) is 30.5 Å². The lowest BCUT2D eigenvalue weighted by Gasteiger charge is -2.16. The summed E-state index contributed by atoms with van der Waals surface area (Å²) in [6.07, 6.45) is 7.56. The smallest absolute Gasteiger partial charge is 0.333 e. The van der Waals surface area contributed by atoms with E-state index in [1.807, 2.05) is 73.1 Å². The van der Waals surface area contributed by atoms with E-state index in [1.165, 1.54) is 15.8 Å². The zero-order valence-corrected chi connectivity index (χ0v) is 32.1. The number of nitrogens with two attached hydrogens (primary N) is 1. The number of carbonyl (C=O) groups is 1. The van der Waals surface area contributed by atoms with Crippen LogP contribution < -0.4 is 15.8 Å². The van der Waals surface area contributed by atoms with Gasteiger partial charge in [-0.25, -0.2) is 15.1 Å². The molecule has 0 spiro atoms. The second kappa shape index (κ2) is 16.5. The van der Waals surface area contributed by atoms with Crippen LogP contribution in [-0.2, 0) is 28.0 Å². The molecule has 0 bridgehead atoms.